The topological polar surface area (TPSA) is 77.8 Å². The number of amides is 1. The number of nitrogens with zero attached hydrogens (tertiary/aromatic N) is 3. The number of carbonyl (C=O) groups excluding carboxylic acids is 1. The molecule has 5 rings (SSSR count). The zero-order valence-corrected chi connectivity index (χ0v) is 20.5. The van der Waals surface area contributed by atoms with Crippen LogP contribution >= 0.6 is 0 Å². The van der Waals surface area contributed by atoms with E-state index in [0.29, 0.717) is 6.61 Å². The molecular weight excluding hydrogens is 440 g/mol. The van der Waals surface area contributed by atoms with Crippen LogP contribution in [-0.2, 0) is 22.5 Å². The Hall–Kier alpha value is -3.71. The number of ether oxygens (including phenoxy) is 2. The number of fused-ring (bicyclic) bond motifs is 2. The van der Waals surface area contributed by atoms with E-state index in [1.54, 1.807) is 7.11 Å². The number of aromatic nitrogens is 3. The fraction of sp³-hybridized carbons (Fsp3) is 0.321. The van der Waals surface area contributed by atoms with Gasteiger partial charge in [0.15, 0.2) is 5.65 Å². The fourth-order valence-electron chi connectivity index (χ4n) is 4.62. The molecule has 0 spiro atoms. The van der Waals surface area contributed by atoms with E-state index in [1.807, 2.05) is 55.6 Å². The Balaban J connectivity index is 1.53. The summed E-state index contributed by atoms with van der Waals surface area (Å²) in [5.41, 5.74) is 7.34. The van der Waals surface area contributed by atoms with E-state index in [1.165, 1.54) is 5.56 Å². The molecule has 35 heavy (non-hydrogen) atoms. The number of carbonyl (C=O) groups is 1. The maximum atomic E-state index is 12.3. The quantitative estimate of drug-likeness (QED) is 0.404. The number of alkyl carbamates (subject to hydrolysis) is 1. The summed E-state index contributed by atoms with van der Waals surface area (Å²) < 4.78 is 12.6. The number of hydrogen-bond acceptors (Lipinski definition) is 5. The molecule has 7 nitrogen and oxygen atoms in total. The third-order valence-electron chi connectivity index (χ3n) is 6.06. The number of hydrogen-bond donors (Lipinski definition) is 1. The van der Waals surface area contributed by atoms with Gasteiger partial charge >= 0.3 is 6.09 Å². The fourth-order valence-corrected chi connectivity index (χ4v) is 4.62. The molecule has 1 amide bonds. The van der Waals surface area contributed by atoms with E-state index in [2.05, 4.69) is 35.6 Å². The number of methoxy groups -OCH3 is 1. The average molecular weight is 471 g/mol. The third-order valence-corrected chi connectivity index (χ3v) is 6.06. The highest BCUT2D eigenvalue weighted by atomic mass is 16.6. The first kappa shape index (κ1) is 23.1. The van der Waals surface area contributed by atoms with Gasteiger partial charge in [-0.15, -0.1) is 0 Å². The second-order valence-electron chi connectivity index (χ2n) is 9.85. The largest absolute Gasteiger partial charge is 0.444 e. The maximum Gasteiger partial charge on any atom is 0.408 e. The molecule has 4 aromatic rings. The Kier molecular flexibility index (Phi) is 6.03. The SMILES string of the molecule is COCc1ccc2nc(-c3ccc4c(c3)CC[C@@H]4NC(=O)OC(C)(C)C)c(-c3ccccc3)n2n1. The van der Waals surface area contributed by atoms with Gasteiger partial charge in [0, 0.05) is 18.2 Å². The Morgan fingerprint density at radius 2 is 1.89 bits per heavy atom. The first-order chi connectivity index (χ1) is 16.8. The van der Waals surface area contributed by atoms with Gasteiger partial charge in [-0.3, -0.25) is 0 Å². The molecule has 0 saturated carbocycles. The molecule has 0 unspecified atom stereocenters. The summed E-state index contributed by atoms with van der Waals surface area (Å²) in [7, 11) is 1.67. The van der Waals surface area contributed by atoms with Gasteiger partial charge in [-0.2, -0.15) is 5.10 Å². The average Bonchev–Trinajstić information content (AvgIpc) is 3.39. The van der Waals surface area contributed by atoms with Crippen molar-refractivity contribution in [3.8, 4) is 22.5 Å². The summed E-state index contributed by atoms with van der Waals surface area (Å²) in [6, 6.07) is 20.4. The highest BCUT2D eigenvalue weighted by molar-refractivity contribution is 5.82. The Morgan fingerprint density at radius 3 is 2.63 bits per heavy atom. The van der Waals surface area contributed by atoms with Crippen LogP contribution in [0.4, 0.5) is 4.79 Å². The Bertz CT molecular complexity index is 1370. The first-order valence-corrected chi connectivity index (χ1v) is 11.9. The summed E-state index contributed by atoms with van der Waals surface area (Å²) in [5, 5.41) is 7.83. The van der Waals surface area contributed by atoms with Gasteiger partial charge < -0.3 is 14.8 Å². The van der Waals surface area contributed by atoms with Gasteiger partial charge in [-0.25, -0.2) is 14.3 Å². The van der Waals surface area contributed by atoms with Gasteiger partial charge in [-0.05, 0) is 62.9 Å². The van der Waals surface area contributed by atoms with Crippen LogP contribution in [-0.4, -0.2) is 33.4 Å². The summed E-state index contributed by atoms with van der Waals surface area (Å²) >= 11 is 0. The smallest absolute Gasteiger partial charge is 0.408 e. The van der Waals surface area contributed by atoms with Crippen LogP contribution in [0.25, 0.3) is 28.2 Å². The predicted octanol–water partition coefficient (Wildman–Crippen LogP) is 5.72. The summed E-state index contributed by atoms with van der Waals surface area (Å²) in [5.74, 6) is 0. The van der Waals surface area contributed by atoms with Gasteiger partial charge in [-0.1, -0.05) is 42.5 Å². The van der Waals surface area contributed by atoms with E-state index in [9.17, 15) is 4.79 Å². The maximum absolute atomic E-state index is 12.3. The minimum atomic E-state index is -0.524. The monoisotopic (exact) mass is 470 g/mol. The molecule has 1 aliphatic carbocycles. The highest BCUT2D eigenvalue weighted by Gasteiger charge is 2.27. The minimum absolute atomic E-state index is 0.0539. The summed E-state index contributed by atoms with van der Waals surface area (Å²) in [6.07, 6.45) is 1.34. The number of benzene rings is 2. The molecule has 0 saturated heterocycles. The summed E-state index contributed by atoms with van der Waals surface area (Å²) in [4.78, 5) is 17.3. The minimum Gasteiger partial charge on any atom is -0.444 e. The zero-order chi connectivity index (χ0) is 24.6. The molecule has 1 atom stereocenters. The van der Waals surface area contributed by atoms with Gasteiger partial charge in [0.1, 0.15) is 11.3 Å². The lowest BCUT2D eigenvalue weighted by atomic mass is 10.00. The van der Waals surface area contributed by atoms with Crippen LogP contribution in [0.1, 0.15) is 50.1 Å². The molecule has 7 heteroatoms. The molecule has 2 heterocycles. The molecule has 0 bridgehead atoms. The van der Waals surface area contributed by atoms with Crippen molar-refractivity contribution in [2.75, 3.05) is 7.11 Å². The molecular formula is C28H30N4O3. The first-order valence-electron chi connectivity index (χ1n) is 11.9. The van der Waals surface area contributed by atoms with Crippen molar-refractivity contribution in [1.82, 2.24) is 19.9 Å². The van der Waals surface area contributed by atoms with Crippen LogP contribution in [0.2, 0.25) is 0 Å². The van der Waals surface area contributed by atoms with Crippen molar-refractivity contribution < 1.29 is 14.3 Å². The molecule has 180 valence electrons. The second kappa shape index (κ2) is 9.15. The molecule has 0 fully saturated rings. The van der Waals surface area contributed by atoms with Crippen molar-refractivity contribution >= 4 is 11.7 Å². The predicted molar refractivity (Wildman–Crippen MR) is 135 cm³/mol. The molecule has 2 aromatic carbocycles. The van der Waals surface area contributed by atoms with Crippen molar-refractivity contribution in [2.45, 2.75) is 51.9 Å². The number of imidazole rings is 1. The van der Waals surface area contributed by atoms with Gasteiger partial charge in [0.05, 0.1) is 24.0 Å². The van der Waals surface area contributed by atoms with E-state index < -0.39 is 5.60 Å². The van der Waals surface area contributed by atoms with Gasteiger partial charge in [0.2, 0.25) is 0 Å². The lowest BCUT2D eigenvalue weighted by Gasteiger charge is -2.22. The van der Waals surface area contributed by atoms with Crippen molar-refractivity contribution in [2.24, 2.45) is 0 Å². The second-order valence-corrected chi connectivity index (χ2v) is 9.85. The van der Waals surface area contributed by atoms with E-state index in [0.717, 1.165) is 52.3 Å². The Labute approximate surface area is 205 Å². The van der Waals surface area contributed by atoms with Crippen LogP contribution < -0.4 is 5.32 Å². The van der Waals surface area contributed by atoms with Gasteiger partial charge in [0.25, 0.3) is 0 Å². The summed E-state index contributed by atoms with van der Waals surface area (Å²) in [6.45, 7) is 6.04. The van der Waals surface area contributed by atoms with E-state index in [4.69, 9.17) is 19.6 Å². The van der Waals surface area contributed by atoms with E-state index >= 15 is 0 Å². The number of aryl methyl sites for hydroxylation is 1. The van der Waals surface area contributed by atoms with E-state index in [-0.39, 0.29) is 12.1 Å². The number of nitrogens with one attached hydrogen (secondary N) is 1. The third kappa shape index (κ3) is 4.77. The lowest BCUT2D eigenvalue weighted by molar-refractivity contribution is 0.0503. The van der Waals surface area contributed by atoms with Crippen molar-refractivity contribution in [3.05, 3.63) is 77.5 Å². The molecule has 2 aromatic heterocycles. The van der Waals surface area contributed by atoms with Crippen LogP contribution in [0, 0.1) is 0 Å². The zero-order valence-electron chi connectivity index (χ0n) is 20.5. The van der Waals surface area contributed by atoms with Crippen LogP contribution in [0.5, 0.6) is 0 Å². The highest BCUT2D eigenvalue weighted by Crippen LogP contribution is 2.37. The molecule has 1 aliphatic rings. The number of rotatable bonds is 5. The molecule has 0 radical (unpaired) electrons. The van der Waals surface area contributed by atoms with Crippen molar-refractivity contribution in [1.29, 1.82) is 0 Å². The van der Waals surface area contributed by atoms with Crippen molar-refractivity contribution in [3.63, 3.8) is 0 Å². The normalized spacial score (nSPS) is 15.3. The van der Waals surface area contributed by atoms with Crippen LogP contribution in [0.15, 0.2) is 60.7 Å². The standard InChI is InChI=1S/C28H30N4O3/c1-28(2,3)35-27(33)29-23-14-11-19-16-20(10-13-22(19)23)25-26(18-8-6-5-7-9-18)32-24(30-25)15-12-21(31-32)17-34-4/h5-10,12-13,15-16,23H,11,14,17H2,1-4H3,(H,29,33)/t23-/m0/s1. The molecule has 1 N–H and O–H groups in total. The molecule has 0 aliphatic heterocycles. The van der Waals surface area contributed by atoms with Crippen LogP contribution in [0.3, 0.4) is 0 Å². The Morgan fingerprint density at radius 1 is 1.09 bits per heavy atom. The lowest BCUT2D eigenvalue weighted by Crippen LogP contribution is -2.34.